The van der Waals surface area contributed by atoms with Gasteiger partial charge in [0.15, 0.2) is 0 Å². The second-order valence-electron chi connectivity index (χ2n) is 6.00. The summed E-state index contributed by atoms with van der Waals surface area (Å²) in [6, 6.07) is 5.48. The summed E-state index contributed by atoms with van der Waals surface area (Å²) in [5, 5.41) is 5.82. The Bertz CT molecular complexity index is 551. The molecule has 120 valence electrons. The summed E-state index contributed by atoms with van der Waals surface area (Å²) in [4.78, 5) is 26.3. The molecular weight excluding hydrogens is 278 g/mol. The smallest absolute Gasteiger partial charge is 0.253 e. The van der Waals surface area contributed by atoms with Gasteiger partial charge < -0.3 is 15.5 Å². The zero-order valence-electron chi connectivity index (χ0n) is 13.6. The van der Waals surface area contributed by atoms with Crippen molar-refractivity contribution in [2.24, 2.45) is 5.92 Å². The van der Waals surface area contributed by atoms with Crippen LogP contribution in [0.1, 0.15) is 43.0 Å². The molecule has 1 saturated carbocycles. The fraction of sp³-hybridized carbons (Fsp3) is 0.529. The number of rotatable bonds is 6. The minimum Gasteiger partial charge on any atom is -0.377 e. The van der Waals surface area contributed by atoms with Gasteiger partial charge in [0.05, 0.1) is 5.56 Å². The number of anilines is 2. The van der Waals surface area contributed by atoms with E-state index in [9.17, 15) is 9.59 Å². The fourth-order valence-corrected chi connectivity index (χ4v) is 2.43. The molecule has 2 amide bonds. The van der Waals surface area contributed by atoms with Gasteiger partial charge in [0, 0.05) is 37.9 Å². The van der Waals surface area contributed by atoms with Gasteiger partial charge in [-0.3, -0.25) is 9.59 Å². The molecule has 2 rings (SSSR count). The summed E-state index contributed by atoms with van der Waals surface area (Å²) in [6.07, 6.45) is 3.94. The second-order valence-corrected chi connectivity index (χ2v) is 6.00. The topological polar surface area (TPSA) is 61.4 Å². The highest BCUT2D eigenvalue weighted by molar-refractivity contribution is 6.02. The van der Waals surface area contributed by atoms with Crippen LogP contribution in [0.15, 0.2) is 18.2 Å². The van der Waals surface area contributed by atoms with Crippen molar-refractivity contribution in [1.82, 2.24) is 5.32 Å². The molecule has 0 heterocycles. The average molecular weight is 303 g/mol. The lowest BCUT2D eigenvalue weighted by Gasteiger charge is -2.24. The lowest BCUT2D eigenvalue weighted by Crippen LogP contribution is -2.29. The van der Waals surface area contributed by atoms with Crippen LogP contribution in [0.25, 0.3) is 0 Å². The first-order chi connectivity index (χ1) is 10.5. The Morgan fingerprint density at radius 3 is 2.55 bits per heavy atom. The molecule has 5 heteroatoms. The number of carbonyl (C=O) groups is 2. The molecule has 5 nitrogen and oxygen atoms in total. The maximum atomic E-state index is 12.3. The second kappa shape index (κ2) is 7.29. The maximum Gasteiger partial charge on any atom is 0.253 e. The summed E-state index contributed by atoms with van der Waals surface area (Å²) >= 11 is 0. The standard InChI is InChI=1S/C17H25N3O2/c1-4-10-18-17(22)14-11-13(8-9-15(14)20(2)3)19-16(21)12-6-5-7-12/h8-9,11-12H,4-7,10H2,1-3H3,(H,18,22)(H,19,21). The molecule has 0 bridgehead atoms. The van der Waals surface area contributed by atoms with Crippen molar-refractivity contribution in [1.29, 1.82) is 0 Å². The molecule has 0 atom stereocenters. The summed E-state index contributed by atoms with van der Waals surface area (Å²) in [5.74, 6) is 0.0833. The molecule has 0 spiro atoms. The Hall–Kier alpha value is -2.04. The van der Waals surface area contributed by atoms with Crippen LogP contribution >= 0.6 is 0 Å². The molecule has 1 aliphatic rings. The summed E-state index contributed by atoms with van der Waals surface area (Å²) in [7, 11) is 3.80. The van der Waals surface area contributed by atoms with Crippen LogP contribution in [0.5, 0.6) is 0 Å². The molecule has 2 N–H and O–H groups in total. The number of hydrogen-bond acceptors (Lipinski definition) is 3. The van der Waals surface area contributed by atoms with Gasteiger partial charge in [-0.1, -0.05) is 13.3 Å². The third kappa shape index (κ3) is 3.78. The summed E-state index contributed by atoms with van der Waals surface area (Å²) in [6.45, 7) is 2.66. The van der Waals surface area contributed by atoms with Crippen LogP contribution in [0, 0.1) is 5.92 Å². The maximum absolute atomic E-state index is 12.3. The minimum atomic E-state index is -0.106. The summed E-state index contributed by atoms with van der Waals surface area (Å²) < 4.78 is 0. The average Bonchev–Trinajstić information content (AvgIpc) is 2.42. The highest BCUT2D eigenvalue weighted by atomic mass is 16.2. The molecule has 0 unspecified atom stereocenters. The predicted octanol–water partition coefficient (Wildman–Crippen LogP) is 2.63. The van der Waals surface area contributed by atoms with Crippen LogP contribution in [0.4, 0.5) is 11.4 Å². The van der Waals surface area contributed by atoms with Crippen LogP contribution in [-0.4, -0.2) is 32.5 Å². The third-order valence-electron chi connectivity index (χ3n) is 4.00. The van der Waals surface area contributed by atoms with E-state index in [1.54, 1.807) is 6.07 Å². The molecular formula is C17H25N3O2. The Morgan fingerprint density at radius 1 is 1.27 bits per heavy atom. The Morgan fingerprint density at radius 2 is 2.00 bits per heavy atom. The number of benzene rings is 1. The van der Waals surface area contributed by atoms with Gasteiger partial charge >= 0.3 is 0 Å². The zero-order valence-corrected chi connectivity index (χ0v) is 13.6. The van der Waals surface area contributed by atoms with Gasteiger partial charge in [-0.15, -0.1) is 0 Å². The Labute approximate surface area is 132 Å². The zero-order chi connectivity index (χ0) is 16.1. The lowest BCUT2D eigenvalue weighted by molar-refractivity contribution is -0.122. The van der Waals surface area contributed by atoms with Crippen molar-refractivity contribution < 1.29 is 9.59 Å². The molecule has 1 aromatic carbocycles. The van der Waals surface area contributed by atoms with Crippen LogP contribution in [0.3, 0.4) is 0 Å². The largest absolute Gasteiger partial charge is 0.377 e. The number of hydrogen-bond donors (Lipinski definition) is 2. The van der Waals surface area contributed by atoms with Gasteiger partial charge in [0.2, 0.25) is 5.91 Å². The predicted molar refractivity (Wildman–Crippen MR) is 89.4 cm³/mol. The normalized spacial score (nSPS) is 14.1. The fourth-order valence-electron chi connectivity index (χ4n) is 2.43. The van der Waals surface area contributed by atoms with Gasteiger partial charge in [0.25, 0.3) is 5.91 Å². The quantitative estimate of drug-likeness (QED) is 0.849. The first-order valence-electron chi connectivity index (χ1n) is 7.93. The van der Waals surface area contributed by atoms with Crippen LogP contribution in [0.2, 0.25) is 0 Å². The van der Waals surface area contributed by atoms with E-state index < -0.39 is 0 Å². The highest BCUT2D eigenvalue weighted by Gasteiger charge is 2.25. The molecule has 22 heavy (non-hydrogen) atoms. The van der Waals surface area contributed by atoms with E-state index in [1.165, 1.54) is 0 Å². The van der Waals surface area contributed by atoms with Crippen LogP contribution in [-0.2, 0) is 4.79 Å². The number of carbonyl (C=O) groups excluding carboxylic acids is 2. The first-order valence-corrected chi connectivity index (χ1v) is 7.93. The van der Waals surface area contributed by atoms with E-state index in [1.807, 2.05) is 38.1 Å². The van der Waals surface area contributed by atoms with Crippen molar-refractivity contribution in [2.75, 3.05) is 30.9 Å². The molecule has 0 aromatic heterocycles. The number of amides is 2. The third-order valence-corrected chi connectivity index (χ3v) is 4.00. The van der Waals surface area contributed by atoms with E-state index in [0.717, 1.165) is 31.4 Å². The Balaban J connectivity index is 2.18. The molecule has 1 aromatic rings. The van der Waals surface area contributed by atoms with E-state index in [-0.39, 0.29) is 17.7 Å². The summed E-state index contributed by atoms with van der Waals surface area (Å²) in [5.41, 5.74) is 2.12. The highest BCUT2D eigenvalue weighted by Crippen LogP contribution is 2.29. The Kier molecular flexibility index (Phi) is 5.41. The molecule has 0 radical (unpaired) electrons. The van der Waals surface area contributed by atoms with Crippen molar-refractivity contribution in [2.45, 2.75) is 32.6 Å². The van der Waals surface area contributed by atoms with Crippen LogP contribution < -0.4 is 15.5 Å². The van der Waals surface area contributed by atoms with Gasteiger partial charge in [-0.25, -0.2) is 0 Å². The van der Waals surface area contributed by atoms with E-state index in [2.05, 4.69) is 10.6 Å². The van der Waals surface area contributed by atoms with Crippen molar-refractivity contribution in [3.8, 4) is 0 Å². The van der Waals surface area contributed by atoms with Crippen molar-refractivity contribution in [3.63, 3.8) is 0 Å². The molecule has 1 aliphatic carbocycles. The van der Waals surface area contributed by atoms with Crippen molar-refractivity contribution in [3.05, 3.63) is 23.8 Å². The van der Waals surface area contributed by atoms with Gasteiger partial charge in [0.1, 0.15) is 0 Å². The number of nitrogens with zero attached hydrogens (tertiary/aromatic N) is 1. The van der Waals surface area contributed by atoms with E-state index in [0.29, 0.717) is 17.8 Å². The van der Waals surface area contributed by atoms with E-state index in [4.69, 9.17) is 0 Å². The lowest BCUT2D eigenvalue weighted by atomic mass is 9.85. The van der Waals surface area contributed by atoms with Crippen molar-refractivity contribution >= 4 is 23.2 Å². The van der Waals surface area contributed by atoms with Gasteiger partial charge in [-0.2, -0.15) is 0 Å². The molecule has 0 aliphatic heterocycles. The monoisotopic (exact) mass is 303 g/mol. The van der Waals surface area contributed by atoms with E-state index >= 15 is 0 Å². The minimum absolute atomic E-state index is 0.0590. The first kappa shape index (κ1) is 16.3. The molecule has 0 saturated heterocycles. The SMILES string of the molecule is CCCNC(=O)c1cc(NC(=O)C2CCC2)ccc1N(C)C. The van der Waals surface area contributed by atoms with Gasteiger partial charge in [-0.05, 0) is 37.5 Å². The molecule has 1 fully saturated rings. The number of nitrogens with one attached hydrogen (secondary N) is 2.